The highest BCUT2D eigenvalue weighted by Crippen LogP contribution is 2.26. The van der Waals surface area contributed by atoms with Crippen molar-refractivity contribution in [2.45, 2.75) is 20.3 Å². The van der Waals surface area contributed by atoms with Gasteiger partial charge in [-0.25, -0.2) is 0 Å². The maximum absolute atomic E-state index is 3.43. The van der Waals surface area contributed by atoms with E-state index in [1.807, 2.05) is 0 Å². The fraction of sp³-hybridized carbons (Fsp3) is 0.647. The zero-order chi connectivity index (χ0) is 13.9. The number of aryl methyl sites for hydroxylation is 2. The maximum atomic E-state index is 3.43. The van der Waals surface area contributed by atoms with Crippen molar-refractivity contribution < 1.29 is 0 Å². The summed E-state index contributed by atoms with van der Waals surface area (Å²) in [5, 5.41) is 3.43. The molecule has 2 fully saturated rings. The minimum atomic E-state index is 0.842. The van der Waals surface area contributed by atoms with Gasteiger partial charge in [0.25, 0.3) is 0 Å². The van der Waals surface area contributed by atoms with E-state index >= 15 is 0 Å². The number of nitrogens with one attached hydrogen (secondary N) is 1. The van der Waals surface area contributed by atoms with Crippen molar-refractivity contribution >= 4 is 5.69 Å². The standard InChI is InChI=1S/C17H27N3/c1-14-3-4-17(11-15(14)2)20-8-5-16(13-20)12-19-9-6-18-7-10-19/h3-4,11,16,18H,5-10,12-13H2,1-2H3. The van der Waals surface area contributed by atoms with Gasteiger partial charge < -0.3 is 15.1 Å². The van der Waals surface area contributed by atoms with Crippen LogP contribution in [0.15, 0.2) is 18.2 Å². The Morgan fingerprint density at radius 1 is 1.10 bits per heavy atom. The minimum Gasteiger partial charge on any atom is -0.371 e. The van der Waals surface area contributed by atoms with Crippen LogP contribution in [0.5, 0.6) is 0 Å². The van der Waals surface area contributed by atoms with Gasteiger partial charge in [-0.15, -0.1) is 0 Å². The topological polar surface area (TPSA) is 18.5 Å². The van der Waals surface area contributed by atoms with Crippen LogP contribution in [0, 0.1) is 19.8 Å². The lowest BCUT2D eigenvalue weighted by Crippen LogP contribution is -2.45. The first-order chi connectivity index (χ1) is 9.72. The Kier molecular flexibility index (Phi) is 4.27. The Morgan fingerprint density at radius 2 is 1.90 bits per heavy atom. The number of hydrogen-bond acceptors (Lipinski definition) is 3. The van der Waals surface area contributed by atoms with Gasteiger partial charge in [0.05, 0.1) is 0 Å². The molecule has 1 aromatic carbocycles. The molecule has 2 aliphatic rings. The predicted molar refractivity (Wildman–Crippen MR) is 85.5 cm³/mol. The zero-order valence-corrected chi connectivity index (χ0v) is 12.9. The fourth-order valence-electron chi connectivity index (χ4n) is 3.40. The Bertz CT molecular complexity index is 452. The number of anilines is 1. The molecule has 0 aliphatic carbocycles. The molecule has 1 unspecified atom stereocenters. The largest absolute Gasteiger partial charge is 0.371 e. The summed E-state index contributed by atoms with van der Waals surface area (Å²) in [7, 11) is 0. The summed E-state index contributed by atoms with van der Waals surface area (Å²) in [5.74, 6) is 0.842. The van der Waals surface area contributed by atoms with Gasteiger partial charge in [-0.3, -0.25) is 0 Å². The summed E-state index contributed by atoms with van der Waals surface area (Å²) in [6.45, 7) is 12.9. The van der Waals surface area contributed by atoms with Gasteiger partial charge >= 0.3 is 0 Å². The van der Waals surface area contributed by atoms with Crippen LogP contribution in [0.2, 0.25) is 0 Å². The molecule has 110 valence electrons. The van der Waals surface area contributed by atoms with E-state index in [2.05, 4.69) is 47.2 Å². The number of hydrogen-bond donors (Lipinski definition) is 1. The molecule has 0 bridgehead atoms. The second kappa shape index (κ2) is 6.15. The number of rotatable bonds is 3. The van der Waals surface area contributed by atoms with Gasteiger partial charge in [0.1, 0.15) is 0 Å². The van der Waals surface area contributed by atoms with Gasteiger partial charge in [-0.2, -0.15) is 0 Å². The Balaban J connectivity index is 1.57. The van der Waals surface area contributed by atoms with Gasteiger partial charge in [0.15, 0.2) is 0 Å². The normalized spacial score (nSPS) is 24.3. The summed E-state index contributed by atoms with van der Waals surface area (Å²) in [6, 6.07) is 6.90. The first kappa shape index (κ1) is 13.9. The zero-order valence-electron chi connectivity index (χ0n) is 12.9. The molecule has 2 saturated heterocycles. The van der Waals surface area contributed by atoms with Crippen molar-refractivity contribution in [2.75, 3.05) is 50.7 Å². The second-order valence-electron chi connectivity index (χ2n) is 6.42. The van der Waals surface area contributed by atoms with Crippen LogP contribution in [-0.4, -0.2) is 50.7 Å². The van der Waals surface area contributed by atoms with Gasteiger partial charge in [-0.1, -0.05) is 6.07 Å². The molecule has 0 spiro atoms. The highest BCUT2D eigenvalue weighted by atomic mass is 15.2. The molecule has 1 N–H and O–H groups in total. The first-order valence-electron chi connectivity index (χ1n) is 7.97. The third-order valence-electron chi connectivity index (χ3n) is 4.87. The van der Waals surface area contributed by atoms with Crippen LogP contribution in [0.25, 0.3) is 0 Å². The molecule has 3 nitrogen and oxygen atoms in total. The highest BCUT2D eigenvalue weighted by Gasteiger charge is 2.25. The Hall–Kier alpha value is -1.06. The van der Waals surface area contributed by atoms with Crippen LogP contribution in [0.3, 0.4) is 0 Å². The van der Waals surface area contributed by atoms with Crippen LogP contribution < -0.4 is 10.2 Å². The lowest BCUT2D eigenvalue weighted by molar-refractivity contribution is 0.212. The predicted octanol–water partition coefficient (Wildman–Crippen LogP) is 2.03. The third-order valence-corrected chi connectivity index (χ3v) is 4.87. The van der Waals surface area contributed by atoms with Gasteiger partial charge in [-0.05, 0) is 49.4 Å². The van der Waals surface area contributed by atoms with E-state index in [9.17, 15) is 0 Å². The molecular weight excluding hydrogens is 246 g/mol. The van der Waals surface area contributed by atoms with Crippen molar-refractivity contribution in [3.05, 3.63) is 29.3 Å². The van der Waals surface area contributed by atoms with Crippen molar-refractivity contribution in [2.24, 2.45) is 5.92 Å². The Labute approximate surface area is 123 Å². The molecule has 2 aliphatic heterocycles. The average molecular weight is 273 g/mol. The molecule has 1 atom stereocenters. The quantitative estimate of drug-likeness (QED) is 0.909. The number of nitrogens with zero attached hydrogens (tertiary/aromatic N) is 2. The summed E-state index contributed by atoms with van der Waals surface area (Å²) >= 11 is 0. The van der Waals surface area contributed by atoms with Crippen LogP contribution in [-0.2, 0) is 0 Å². The van der Waals surface area contributed by atoms with E-state index in [0.29, 0.717) is 0 Å². The van der Waals surface area contributed by atoms with Gasteiger partial charge in [0.2, 0.25) is 0 Å². The lowest BCUT2D eigenvalue weighted by Gasteiger charge is -2.29. The summed E-state index contributed by atoms with van der Waals surface area (Å²) in [4.78, 5) is 5.20. The summed E-state index contributed by atoms with van der Waals surface area (Å²) in [5.41, 5.74) is 4.22. The second-order valence-corrected chi connectivity index (χ2v) is 6.42. The van der Waals surface area contributed by atoms with E-state index < -0.39 is 0 Å². The minimum absolute atomic E-state index is 0.842. The van der Waals surface area contributed by atoms with E-state index in [-0.39, 0.29) is 0 Å². The molecule has 0 saturated carbocycles. The molecule has 20 heavy (non-hydrogen) atoms. The van der Waals surface area contributed by atoms with Crippen LogP contribution in [0.1, 0.15) is 17.5 Å². The van der Waals surface area contributed by atoms with E-state index in [0.717, 1.165) is 19.0 Å². The maximum Gasteiger partial charge on any atom is 0.0369 e. The monoisotopic (exact) mass is 273 g/mol. The molecule has 0 radical (unpaired) electrons. The average Bonchev–Trinajstić information content (AvgIpc) is 2.91. The summed E-state index contributed by atoms with van der Waals surface area (Å²) in [6.07, 6.45) is 1.34. The summed E-state index contributed by atoms with van der Waals surface area (Å²) < 4.78 is 0. The number of benzene rings is 1. The highest BCUT2D eigenvalue weighted by molar-refractivity contribution is 5.51. The molecule has 0 amide bonds. The van der Waals surface area contributed by atoms with Crippen molar-refractivity contribution in [1.29, 1.82) is 0 Å². The smallest absolute Gasteiger partial charge is 0.0369 e. The SMILES string of the molecule is Cc1ccc(N2CCC(CN3CCNCC3)C2)cc1C. The third kappa shape index (κ3) is 3.15. The molecule has 1 aromatic rings. The van der Waals surface area contributed by atoms with E-state index in [4.69, 9.17) is 0 Å². The number of piperazine rings is 1. The van der Waals surface area contributed by atoms with Crippen molar-refractivity contribution in [1.82, 2.24) is 10.2 Å². The lowest BCUT2D eigenvalue weighted by atomic mass is 10.1. The molecule has 3 heteroatoms. The first-order valence-corrected chi connectivity index (χ1v) is 7.97. The van der Waals surface area contributed by atoms with Gasteiger partial charge in [0, 0.05) is 51.5 Å². The van der Waals surface area contributed by atoms with Crippen molar-refractivity contribution in [3.8, 4) is 0 Å². The van der Waals surface area contributed by atoms with Crippen LogP contribution in [0.4, 0.5) is 5.69 Å². The molecule has 2 heterocycles. The van der Waals surface area contributed by atoms with Crippen LogP contribution >= 0.6 is 0 Å². The van der Waals surface area contributed by atoms with E-state index in [1.165, 1.54) is 56.0 Å². The Morgan fingerprint density at radius 3 is 2.65 bits per heavy atom. The molecule has 0 aromatic heterocycles. The van der Waals surface area contributed by atoms with Crippen molar-refractivity contribution in [3.63, 3.8) is 0 Å². The van der Waals surface area contributed by atoms with E-state index in [1.54, 1.807) is 0 Å². The molecule has 3 rings (SSSR count). The fourth-order valence-corrected chi connectivity index (χ4v) is 3.40. The molecular formula is C17H27N3.